The Morgan fingerprint density at radius 3 is 1.28 bits per heavy atom. The first kappa shape index (κ1) is 32.1. The summed E-state index contributed by atoms with van der Waals surface area (Å²) in [5.74, 6) is 0. The van der Waals surface area contributed by atoms with E-state index in [9.17, 15) is 0 Å². The van der Waals surface area contributed by atoms with Gasteiger partial charge in [-0.3, -0.25) is 0 Å². The van der Waals surface area contributed by atoms with E-state index in [1.807, 2.05) is 12.2 Å². The molecule has 0 aromatic heterocycles. The van der Waals surface area contributed by atoms with Gasteiger partial charge >= 0.3 is 0 Å². The molecule has 0 aliphatic heterocycles. The molecule has 7 rings (SSSR count). The van der Waals surface area contributed by atoms with Crippen LogP contribution in [0.4, 0.5) is 0 Å². The van der Waals surface area contributed by atoms with Crippen LogP contribution in [0.3, 0.4) is 0 Å². The van der Waals surface area contributed by atoms with Crippen molar-refractivity contribution in [1.82, 2.24) is 0 Å². The summed E-state index contributed by atoms with van der Waals surface area (Å²) in [5.41, 5.74) is 13.7. The molecule has 0 saturated carbocycles. The minimum atomic E-state index is 0.915. The number of fused-ring (bicyclic) bond motifs is 1. The first-order valence-electron chi connectivity index (χ1n) is 17.0. The molecule has 7 aromatic rings. The van der Waals surface area contributed by atoms with Crippen molar-refractivity contribution in [2.75, 3.05) is 0 Å². The van der Waals surface area contributed by atoms with Crippen LogP contribution in [0.1, 0.15) is 5.56 Å². The standard InChI is InChI=1S/C50H38/c1-3-4-15-37(2)47-23-14-22-40(43-26-24-41(25-27-43)38-16-8-5-9-17-38)32-34-48(45-20-12-7-13-21-45)49-35-33-46(36-50(47)49)44-30-28-42(29-31-44)39-18-10-6-11-19-39/h3-36H,1-2H2. The van der Waals surface area contributed by atoms with Gasteiger partial charge in [-0.05, 0) is 83.6 Å². The highest BCUT2D eigenvalue weighted by molar-refractivity contribution is 6.03. The Morgan fingerprint density at radius 1 is 0.360 bits per heavy atom. The molecule has 0 N–H and O–H groups in total. The van der Waals surface area contributed by atoms with Gasteiger partial charge in [0, 0.05) is 0 Å². The summed E-state index contributed by atoms with van der Waals surface area (Å²) < 4.78 is 0. The molecular formula is C50H38. The molecule has 0 heterocycles. The number of rotatable bonds is 8. The van der Waals surface area contributed by atoms with Crippen LogP contribution in [0.25, 0.3) is 72.0 Å². The number of hydrogen-bond acceptors (Lipinski definition) is 0. The van der Waals surface area contributed by atoms with Gasteiger partial charge in [0.2, 0.25) is 0 Å². The second kappa shape index (κ2) is 15.2. The molecule has 0 nitrogen and oxygen atoms in total. The maximum atomic E-state index is 4.53. The van der Waals surface area contributed by atoms with E-state index < -0.39 is 0 Å². The molecule has 238 valence electrons. The largest absolute Gasteiger partial charge is 0.0991 e. The molecule has 0 aliphatic rings. The molecule has 50 heavy (non-hydrogen) atoms. The minimum absolute atomic E-state index is 0.915. The van der Waals surface area contributed by atoms with E-state index in [0.29, 0.717) is 0 Å². The van der Waals surface area contributed by atoms with Crippen LogP contribution in [0.2, 0.25) is 0 Å². The van der Waals surface area contributed by atoms with Crippen molar-refractivity contribution >= 4 is 16.3 Å². The third-order valence-electron chi connectivity index (χ3n) is 9.08. The SMILES string of the molecule is C=CC=CC(=C)c1cccc(-c2ccc(-c3ccccc3)cc2)ccc(-c2ccccc2)c2ccc(-c3ccc(-c4ccccc4)cc3)cc12. The number of hydrogen-bond donors (Lipinski definition) is 0. The van der Waals surface area contributed by atoms with Gasteiger partial charge in [-0.1, -0.05) is 213 Å². The molecule has 7 aromatic carbocycles. The van der Waals surface area contributed by atoms with Gasteiger partial charge in [-0.2, -0.15) is 0 Å². The highest BCUT2D eigenvalue weighted by Gasteiger charge is 2.10. The summed E-state index contributed by atoms with van der Waals surface area (Å²) in [6.45, 7) is 8.44. The zero-order valence-corrected chi connectivity index (χ0v) is 28.0. The Morgan fingerprint density at radius 2 is 0.760 bits per heavy atom. The molecule has 0 bridgehead atoms. The van der Waals surface area contributed by atoms with E-state index in [1.165, 1.54) is 22.3 Å². The van der Waals surface area contributed by atoms with Gasteiger partial charge in [-0.25, -0.2) is 0 Å². The molecule has 0 saturated heterocycles. The molecule has 0 spiro atoms. The quantitative estimate of drug-likeness (QED) is 0.145. The average Bonchev–Trinajstić information content (AvgIpc) is 3.19. The average molecular weight is 639 g/mol. The molecule has 0 aliphatic carbocycles. The van der Waals surface area contributed by atoms with Crippen LogP contribution in [-0.4, -0.2) is 0 Å². The molecule has 0 amide bonds. The molecule has 0 unspecified atom stereocenters. The monoisotopic (exact) mass is 638 g/mol. The third-order valence-corrected chi connectivity index (χ3v) is 9.08. The summed E-state index contributed by atoms with van der Waals surface area (Å²) in [6, 6.07) is 67.2. The van der Waals surface area contributed by atoms with Crippen molar-refractivity contribution in [1.29, 1.82) is 0 Å². The fourth-order valence-corrected chi connectivity index (χ4v) is 6.43. The van der Waals surface area contributed by atoms with Gasteiger partial charge in [0.15, 0.2) is 0 Å². The van der Waals surface area contributed by atoms with E-state index in [1.54, 1.807) is 6.08 Å². The van der Waals surface area contributed by atoms with E-state index in [-0.39, 0.29) is 0 Å². The second-order valence-electron chi connectivity index (χ2n) is 12.3. The van der Waals surface area contributed by atoms with Gasteiger partial charge in [0.1, 0.15) is 0 Å². The Balaban J connectivity index is 1.43. The third kappa shape index (κ3) is 7.16. The second-order valence-corrected chi connectivity index (χ2v) is 12.3. The fraction of sp³-hybridized carbons (Fsp3) is 0. The molecule has 0 radical (unpaired) electrons. The van der Waals surface area contributed by atoms with Crippen molar-refractivity contribution in [2.24, 2.45) is 0 Å². The van der Waals surface area contributed by atoms with E-state index in [2.05, 4.69) is 201 Å². The van der Waals surface area contributed by atoms with Gasteiger partial charge in [0.25, 0.3) is 0 Å². The zero-order chi connectivity index (χ0) is 34.1. The minimum Gasteiger partial charge on any atom is -0.0991 e. The fourth-order valence-electron chi connectivity index (χ4n) is 6.43. The highest BCUT2D eigenvalue weighted by Crippen LogP contribution is 2.35. The van der Waals surface area contributed by atoms with Crippen molar-refractivity contribution in [3.63, 3.8) is 0 Å². The smallest absolute Gasteiger partial charge is 0.00932 e. The van der Waals surface area contributed by atoms with Crippen LogP contribution in [0.15, 0.2) is 219 Å². The van der Waals surface area contributed by atoms with E-state index in [0.717, 1.165) is 55.3 Å². The van der Waals surface area contributed by atoms with Crippen molar-refractivity contribution in [3.8, 4) is 55.6 Å². The number of allylic oxidation sites excluding steroid dienone is 4. The molecule has 0 heteroatoms. The first-order valence-corrected chi connectivity index (χ1v) is 17.0. The van der Waals surface area contributed by atoms with Gasteiger partial charge < -0.3 is 0 Å². The molecular weight excluding hydrogens is 601 g/mol. The lowest BCUT2D eigenvalue weighted by atomic mass is 9.92. The van der Waals surface area contributed by atoms with Gasteiger partial charge in [-0.15, -0.1) is 0 Å². The Kier molecular flexibility index (Phi) is 9.72. The van der Waals surface area contributed by atoms with Crippen LogP contribution in [-0.2, 0) is 0 Å². The predicted octanol–water partition coefficient (Wildman–Crippen LogP) is 14.1. The lowest BCUT2D eigenvalue weighted by molar-refractivity contribution is 1.59. The summed E-state index contributed by atoms with van der Waals surface area (Å²) in [5, 5.41) is 2.27. The van der Waals surface area contributed by atoms with Crippen molar-refractivity contribution in [2.45, 2.75) is 0 Å². The Labute approximate surface area is 296 Å². The zero-order valence-electron chi connectivity index (χ0n) is 28.0. The maximum absolute atomic E-state index is 4.53. The number of benzene rings is 6. The molecule has 0 atom stereocenters. The lowest BCUT2D eigenvalue weighted by Crippen LogP contribution is -1.87. The van der Waals surface area contributed by atoms with Crippen LogP contribution in [0, 0.1) is 0 Å². The predicted molar refractivity (Wildman–Crippen MR) is 217 cm³/mol. The summed E-state index contributed by atoms with van der Waals surface area (Å²) >= 11 is 0. The van der Waals surface area contributed by atoms with Crippen LogP contribution >= 0.6 is 0 Å². The van der Waals surface area contributed by atoms with E-state index in [4.69, 9.17) is 0 Å². The Bertz CT molecular complexity index is 2340. The summed E-state index contributed by atoms with van der Waals surface area (Å²) in [7, 11) is 0. The normalized spacial score (nSPS) is 10.9. The molecule has 0 fully saturated rings. The van der Waals surface area contributed by atoms with Crippen molar-refractivity contribution < 1.29 is 0 Å². The summed E-state index contributed by atoms with van der Waals surface area (Å²) in [6.07, 6.45) is 5.78. The summed E-state index contributed by atoms with van der Waals surface area (Å²) in [4.78, 5) is 0. The topological polar surface area (TPSA) is 0 Å². The maximum Gasteiger partial charge on any atom is -0.00932 e. The first-order chi connectivity index (χ1) is 24.7. The van der Waals surface area contributed by atoms with E-state index >= 15 is 0 Å². The lowest BCUT2D eigenvalue weighted by Gasteiger charge is -2.12. The highest BCUT2D eigenvalue weighted by atomic mass is 14.1. The Hall–Kier alpha value is -6.50. The van der Waals surface area contributed by atoms with Gasteiger partial charge in [0.05, 0.1) is 0 Å². The van der Waals surface area contributed by atoms with Crippen LogP contribution < -0.4 is 0 Å². The van der Waals surface area contributed by atoms with Crippen LogP contribution in [0.5, 0.6) is 0 Å². The van der Waals surface area contributed by atoms with Crippen molar-refractivity contribution in [3.05, 3.63) is 225 Å².